The van der Waals surface area contributed by atoms with Crippen molar-refractivity contribution in [3.05, 3.63) is 209 Å². The van der Waals surface area contributed by atoms with Crippen LogP contribution in [-0.2, 0) is 21.7 Å². The second-order valence-electron chi connectivity index (χ2n) is 21.1. The largest absolute Gasteiger partial charge is 0.310 e. The van der Waals surface area contributed by atoms with Crippen LogP contribution in [0.2, 0.25) is 0 Å². The average Bonchev–Trinajstić information content (AvgIpc) is 3.65. The van der Waals surface area contributed by atoms with Crippen molar-refractivity contribution in [2.45, 2.75) is 90.9 Å². The Labute approximate surface area is 376 Å². The van der Waals surface area contributed by atoms with Crippen LogP contribution in [0.15, 0.2) is 176 Å². The molecule has 0 heterocycles. The molecule has 0 bridgehead atoms. The Balaban J connectivity index is 1.19. The summed E-state index contributed by atoms with van der Waals surface area (Å²) in [4.78, 5) is 2.54. The van der Waals surface area contributed by atoms with E-state index in [1.807, 2.05) is 0 Å². The smallest absolute Gasteiger partial charge is 0.0546 e. The normalized spacial score (nSPS) is 14.4. The minimum absolute atomic E-state index is 0.0416. The summed E-state index contributed by atoms with van der Waals surface area (Å²) in [6.45, 7) is 23.4. The molecular weight excluding hydrogens is 759 g/mol. The van der Waals surface area contributed by atoms with E-state index in [9.17, 15) is 0 Å². The summed E-state index contributed by atoms with van der Waals surface area (Å²) < 4.78 is 0. The molecule has 0 fully saturated rings. The van der Waals surface area contributed by atoms with E-state index in [2.05, 4.69) is 250 Å². The number of rotatable bonds is 6. The summed E-state index contributed by atoms with van der Waals surface area (Å²) in [7, 11) is 0. The molecule has 0 radical (unpaired) electrons. The van der Waals surface area contributed by atoms with Crippen LogP contribution < -0.4 is 4.90 Å². The van der Waals surface area contributed by atoms with Crippen molar-refractivity contribution < 1.29 is 0 Å². The third kappa shape index (κ3) is 6.85. The number of nitrogens with zero attached hydrogens (tertiary/aromatic N) is 1. The molecule has 0 saturated heterocycles. The first-order valence-corrected chi connectivity index (χ1v) is 22.8. The minimum Gasteiger partial charge on any atom is -0.310 e. The highest BCUT2D eigenvalue weighted by Gasteiger charge is 2.38. The van der Waals surface area contributed by atoms with Crippen molar-refractivity contribution in [2.75, 3.05) is 4.90 Å². The highest BCUT2D eigenvalue weighted by molar-refractivity contribution is 5.94. The molecule has 2 aliphatic carbocycles. The van der Waals surface area contributed by atoms with Crippen LogP contribution in [0.4, 0.5) is 17.1 Å². The van der Waals surface area contributed by atoms with Crippen molar-refractivity contribution in [1.82, 2.24) is 0 Å². The van der Waals surface area contributed by atoms with Crippen LogP contribution in [0, 0.1) is 0 Å². The predicted molar refractivity (Wildman–Crippen MR) is 270 cm³/mol. The summed E-state index contributed by atoms with van der Waals surface area (Å²) >= 11 is 0. The molecule has 10 rings (SSSR count). The zero-order valence-corrected chi connectivity index (χ0v) is 38.7. The zero-order valence-electron chi connectivity index (χ0n) is 38.7. The van der Waals surface area contributed by atoms with Crippen molar-refractivity contribution in [3.63, 3.8) is 0 Å². The van der Waals surface area contributed by atoms with Gasteiger partial charge in [0.05, 0.1) is 5.69 Å². The van der Waals surface area contributed by atoms with Gasteiger partial charge in [0.25, 0.3) is 0 Å². The highest BCUT2D eigenvalue weighted by Crippen LogP contribution is 2.54. The van der Waals surface area contributed by atoms with Crippen molar-refractivity contribution in [1.29, 1.82) is 0 Å². The van der Waals surface area contributed by atoms with Crippen molar-refractivity contribution in [3.8, 4) is 55.6 Å². The topological polar surface area (TPSA) is 3.24 Å². The fourth-order valence-electron chi connectivity index (χ4n) is 10.4. The predicted octanol–water partition coefficient (Wildman–Crippen LogP) is 17.4. The Morgan fingerprint density at radius 3 is 1.24 bits per heavy atom. The molecule has 1 heteroatoms. The minimum atomic E-state index is -0.142. The number of hydrogen-bond donors (Lipinski definition) is 0. The van der Waals surface area contributed by atoms with Gasteiger partial charge in [-0.05, 0) is 125 Å². The van der Waals surface area contributed by atoms with E-state index < -0.39 is 0 Å². The lowest BCUT2D eigenvalue weighted by Crippen LogP contribution is -2.18. The molecule has 0 N–H and O–H groups in total. The second-order valence-corrected chi connectivity index (χ2v) is 21.1. The van der Waals surface area contributed by atoms with Gasteiger partial charge in [-0.2, -0.15) is 0 Å². The molecule has 312 valence electrons. The van der Waals surface area contributed by atoms with Crippen LogP contribution in [-0.4, -0.2) is 0 Å². The maximum absolute atomic E-state index is 2.54. The van der Waals surface area contributed by atoms with E-state index in [0.717, 1.165) is 17.1 Å². The third-order valence-corrected chi connectivity index (χ3v) is 14.2. The molecule has 8 aromatic rings. The van der Waals surface area contributed by atoms with E-state index >= 15 is 0 Å². The summed E-state index contributed by atoms with van der Waals surface area (Å²) in [5.74, 6) is 0. The Hall–Kier alpha value is -6.44. The summed E-state index contributed by atoms with van der Waals surface area (Å²) in [5, 5.41) is 0. The van der Waals surface area contributed by atoms with E-state index in [1.54, 1.807) is 0 Å². The van der Waals surface area contributed by atoms with E-state index in [0.29, 0.717) is 0 Å². The van der Waals surface area contributed by atoms with Gasteiger partial charge in [-0.1, -0.05) is 215 Å². The molecule has 63 heavy (non-hydrogen) atoms. The SMILES string of the molecule is CC(C)(C)c1cc(-c2ccc(-c3ccc(-c4ccccc4)cc3N(c3ccc4c(c3)C(C)(C)c3ccccc3-4)c3ccc4c(c3)C(C)(C)c3ccccc3-4)cc2)cc(C(C)(C)C)c1. The summed E-state index contributed by atoms with van der Waals surface area (Å²) in [6.07, 6.45) is 0. The van der Waals surface area contributed by atoms with Gasteiger partial charge in [-0.15, -0.1) is 0 Å². The van der Waals surface area contributed by atoms with Gasteiger partial charge in [-0.3, -0.25) is 0 Å². The number of hydrogen-bond acceptors (Lipinski definition) is 1. The molecule has 0 aromatic heterocycles. The number of fused-ring (bicyclic) bond motifs is 6. The highest BCUT2D eigenvalue weighted by atomic mass is 15.1. The number of anilines is 3. The lowest BCUT2D eigenvalue weighted by Gasteiger charge is -2.31. The van der Waals surface area contributed by atoms with Gasteiger partial charge in [-0.25, -0.2) is 0 Å². The molecule has 0 unspecified atom stereocenters. The maximum Gasteiger partial charge on any atom is 0.0546 e. The van der Waals surface area contributed by atoms with Gasteiger partial charge >= 0.3 is 0 Å². The Morgan fingerprint density at radius 1 is 0.317 bits per heavy atom. The fraction of sp³-hybridized carbons (Fsp3) is 0.226. The Kier molecular flexibility index (Phi) is 9.39. The maximum atomic E-state index is 2.54. The molecule has 0 amide bonds. The van der Waals surface area contributed by atoms with Gasteiger partial charge in [0.15, 0.2) is 0 Å². The monoisotopic (exact) mass is 817 g/mol. The fourth-order valence-corrected chi connectivity index (χ4v) is 10.4. The van der Waals surface area contributed by atoms with E-state index in [1.165, 1.54) is 89.0 Å². The zero-order chi connectivity index (χ0) is 44.1. The van der Waals surface area contributed by atoms with Crippen molar-refractivity contribution >= 4 is 17.1 Å². The van der Waals surface area contributed by atoms with E-state index in [-0.39, 0.29) is 21.7 Å². The molecular formula is C62H59N. The molecule has 0 atom stereocenters. The molecule has 1 nitrogen and oxygen atoms in total. The second kappa shape index (κ2) is 14.6. The average molecular weight is 818 g/mol. The summed E-state index contributed by atoms with van der Waals surface area (Å²) in [5.41, 5.74) is 24.0. The molecule has 0 aliphatic heterocycles. The number of benzene rings is 8. The lowest BCUT2D eigenvalue weighted by molar-refractivity contribution is 0.569. The van der Waals surface area contributed by atoms with Crippen LogP contribution in [0.5, 0.6) is 0 Å². The summed E-state index contributed by atoms with van der Waals surface area (Å²) in [6, 6.07) is 66.7. The van der Waals surface area contributed by atoms with Crippen LogP contribution in [0.1, 0.15) is 103 Å². The quantitative estimate of drug-likeness (QED) is 0.162. The Bertz CT molecular complexity index is 2920. The first kappa shape index (κ1) is 40.6. The lowest BCUT2D eigenvalue weighted by atomic mass is 9.79. The van der Waals surface area contributed by atoms with E-state index in [4.69, 9.17) is 0 Å². The van der Waals surface area contributed by atoms with Crippen LogP contribution in [0.25, 0.3) is 55.6 Å². The molecule has 8 aromatic carbocycles. The van der Waals surface area contributed by atoms with Gasteiger partial charge in [0.1, 0.15) is 0 Å². The Morgan fingerprint density at radius 2 is 0.730 bits per heavy atom. The van der Waals surface area contributed by atoms with Crippen LogP contribution in [0.3, 0.4) is 0 Å². The third-order valence-electron chi connectivity index (χ3n) is 14.2. The van der Waals surface area contributed by atoms with Crippen LogP contribution >= 0.6 is 0 Å². The molecule has 2 aliphatic rings. The van der Waals surface area contributed by atoms with Gasteiger partial charge in [0.2, 0.25) is 0 Å². The first-order valence-electron chi connectivity index (χ1n) is 22.8. The standard InChI is InChI=1S/C62H59N/c1-59(2,3)45-34-44(35-46(37-45)60(4,5)6)41-24-26-42(27-25-41)49-31-28-43(40-18-12-11-13-19-40)36-58(49)63(47-29-32-52-50-20-14-16-22-54(50)61(7,8)56(52)38-47)48-30-33-53-51-21-15-17-23-55(51)62(9,10)57(53)39-48/h11-39H,1-10H3. The molecule has 0 spiro atoms. The molecule has 0 saturated carbocycles. The van der Waals surface area contributed by atoms with Gasteiger partial charge < -0.3 is 4.90 Å². The van der Waals surface area contributed by atoms with Gasteiger partial charge in [0, 0.05) is 27.8 Å². The first-order chi connectivity index (χ1) is 30.0. The van der Waals surface area contributed by atoms with Crippen molar-refractivity contribution in [2.24, 2.45) is 0 Å².